The molecule has 0 saturated heterocycles. The predicted octanol–water partition coefficient (Wildman–Crippen LogP) is 1.48. The second-order valence-corrected chi connectivity index (χ2v) is 3.05. The zero-order chi connectivity index (χ0) is 10.9. The van der Waals surface area contributed by atoms with Crippen LogP contribution in [0, 0.1) is 17.5 Å². The van der Waals surface area contributed by atoms with Crippen LogP contribution >= 0.6 is 0 Å². The minimum atomic E-state index is -1.27. The number of aliphatic hydroxyl groups is 1. The summed E-state index contributed by atoms with van der Waals surface area (Å²) < 4.78 is 38.3. The molecule has 0 spiro atoms. The van der Waals surface area contributed by atoms with Crippen LogP contribution in [0.4, 0.5) is 13.2 Å². The molecule has 0 unspecified atom stereocenters. The molecule has 0 radical (unpaired) electrons. The molecular weight excluding hydrogens is 195 g/mol. The molecule has 0 fully saturated rings. The van der Waals surface area contributed by atoms with Crippen molar-refractivity contribution < 1.29 is 18.3 Å². The zero-order valence-electron chi connectivity index (χ0n) is 7.47. The fraction of sp³-hybridized carbons (Fsp3) is 0.333. The van der Waals surface area contributed by atoms with Gasteiger partial charge in [0.2, 0.25) is 0 Å². The summed E-state index contributed by atoms with van der Waals surface area (Å²) in [6.07, 6.45) is -1.03. The van der Waals surface area contributed by atoms with Gasteiger partial charge in [0.05, 0.1) is 12.1 Å². The second kappa shape index (κ2) is 3.98. The molecule has 0 aliphatic heterocycles. The Morgan fingerprint density at radius 1 is 1.14 bits per heavy atom. The Morgan fingerprint density at radius 2 is 1.64 bits per heavy atom. The highest BCUT2D eigenvalue weighted by Gasteiger charge is 2.19. The summed E-state index contributed by atoms with van der Waals surface area (Å²) in [4.78, 5) is 0. The lowest BCUT2D eigenvalue weighted by Crippen LogP contribution is -2.24. The molecule has 0 bridgehead atoms. The topological polar surface area (TPSA) is 46.2 Å². The summed E-state index contributed by atoms with van der Waals surface area (Å²) >= 11 is 0. The van der Waals surface area contributed by atoms with E-state index in [2.05, 4.69) is 0 Å². The van der Waals surface area contributed by atoms with E-state index in [1.165, 1.54) is 6.92 Å². The standard InChI is InChI=1S/C9H10F3NO/c1-4(14)9(13)5-2-7(11)8(12)3-6(5)10/h2-4,9,14H,13H2,1H3/t4-,9-/m0/s1. The maximum atomic E-state index is 13.0. The molecule has 1 aromatic carbocycles. The molecule has 0 aliphatic carbocycles. The molecule has 2 atom stereocenters. The molecule has 3 N–H and O–H groups in total. The average molecular weight is 205 g/mol. The van der Waals surface area contributed by atoms with Gasteiger partial charge in [0, 0.05) is 11.6 Å². The summed E-state index contributed by atoms with van der Waals surface area (Å²) in [6.45, 7) is 1.34. The van der Waals surface area contributed by atoms with E-state index in [4.69, 9.17) is 10.8 Å². The van der Waals surface area contributed by atoms with Crippen molar-refractivity contribution >= 4 is 0 Å². The Balaban J connectivity index is 3.15. The normalized spacial score (nSPS) is 15.3. The number of rotatable bonds is 2. The smallest absolute Gasteiger partial charge is 0.161 e. The van der Waals surface area contributed by atoms with Crippen LogP contribution in [0.25, 0.3) is 0 Å². The Hall–Kier alpha value is -1.07. The summed E-state index contributed by atoms with van der Waals surface area (Å²) in [6, 6.07) is -0.000278. The molecule has 0 saturated carbocycles. The molecule has 0 amide bonds. The molecule has 78 valence electrons. The lowest BCUT2D eigenvalue weighted by Gasteiger charge is -2.15. The number of hydrogen-bond acceptors (Lipinski definition) is 2. The Bertz CT molecular complexity index is 341. The van der Waals surface area contributed by atoms with E-state index in [9.17, 15) is 13.2 Å². The van der Waals surface area contributed by atoms with Gasteiger partial charge < -0.3 is 10.8 Å². The van der Waals surface area contributed by atoms with Gasteiger partial charge in [-0.1, -0.05) is 0 Å². The lowest BCUT2D eigenvalue weighted by molar-refractivity contribution is 0.162. The first-order valence-corrected chi connectivity index (χ1v) is 4.01. The largest absolute Gasteiger partial charge is 0.391 e. The fourth-order valence-electron chi connectivity index (χ4n) is 1.05. The molecule has 1 rings (SSSR count). The minimum absolute atomic E-state index is 0.237. The van der Waals surface area contributed by atoms with Crippen LogP contribution in [0.15, 0.2) is 12.1 Å². The van der Waals surface area contributed by atoms with Crippen molar-refractivity contribution in [3.8, 4) is 0 Å². The third-order valence-electron chi connectivity index (χ3n) is 1.92. The summed E-state index contributed by atoms with van der Waals surface area (Å²) in [5.41, 5.74) is 5.14. The highest BCUT2D eigenvalue weighted by atomic mass is 19.2. The van der Waals surface area contributed by atoms with Gasteiger partial charge in [-0.2, -0.15) is 0 Å². The van der Waals surface area contributed by atoms with E-state index in [-0.39, 0.29) is 5.56 Å². The van der Waals surface area contributed by atoms with Gasteiger partial charge >= 0.3 is 0 Å². The molecule has 5 heteroatoms. The molecular formula is C9H10F3NO. The molecule has 0 aromatic heterocycles. The summed E-state index contributed by atoms with van der Waals surface area (Å²) in [7, 11) is 0. The first-order chi connectivity index (χ1) is 6.43. The third-order valence-corrected chi connectivity index (χ3v) is 1.92. The van der Waals surface area contributed by atoms with Gasteiger partial charge in [0.25, 0.3) is 0 Å². The van der Waals surface area contributed by atoms with Crippen molar-refractivity contribution in [2.24, 2.45) is 5.73 Å². The van der Waals surface area contributed by atoms with Crippen LogP contribution in [0.5, 0.6) is 0 Å². The van der Waals surface area contributed by atoms with Gasteiger partial charge in [0.15, 0.2) is 11.6 Å². The maximum Gasteiger partial charge on any atom is 0.161 e. The van der Waals surface area contributed by atoms with Gasteiger partial charge in [-0.05, 0) is 13.0 Å². The zero-order valence-corrected chi connectivity index (χ0v) is 7.47. The first kappa shape index (κ1) is 11.0. The summed E-state index contributed by atoms with van der Waals surface area (Å²) in [5.74, 6) is -3.42. The van der Waals surface area contributed by atoms with E-state index in [1.807, 2.05) is 0 Å². The Kier molecular flexibility index (Phi) is 3.13. The predicted molar refractivity (Wildman–Crippen MR) is 44.9 cm³/mol. The molecule has 2 nitrogen and oxygen atoms in total. The van der Waals surface area contributed by atoms with Gasteiger partial charge in [-0.3, -0.25) is 0 Å². The SMILES string of the molecule is C[C@H](O)[C@H](N)c1cc(F)c(F)cc1F. The van der Waals surface area contributed by atoms with Crippen molar-refractivity contribution in [3.63, 3.8) is 0 Å². The van der Waals surface area contributed by atoms with Crippen molar-refractivity contribution in [2.45, 2.75) is 19.1 Å². The number of benzene rings is 1. The third kappa shape index (κ3) is 2.05. The minimum Gasteiger partial charge on any atom is -0.391 e. The molecule has 0 heterocycles. The van der Waals surface area contributed by atoms with Crippen LogP contribution in [0.1, 0.15) is 18.5 Å². The quantitative estimate of drug-likeness (QED) is 0.718. The Morgan fingerprint density at radius 3 is 2.14 bits per heavy atom. The van der Waals surface area contributed by atoms with Crippen LogP contribution in [0.2, 0.25) is 0 Å². The van der Waals surface area contributed by atoms with Crippen molar-refractivity contribution in [2.75, 3.05) is 0 Å². The lowest BCUT2D eigenvalue weighted by atomic mass is 10.0. The van der Waals surface area contributed by atoms with Gasteiger partial charge in [0.1, 0.15) is 5.82 Å². The van der Waals surface area contributed by atoms with Crippen LogP contribution in [-0.4, -0.2) is 11.2 Å². The maximum absolute atomic E-state index is 13.0. The number of hydrogen-bond donors (Lipinski definition) is 2. The van der Waals surface area contributed by atoms with Crippen LogP contribution < -0.4 is 5.73 Å². The molecule has 1 aromatic rings. The van der Waals surface area contributed by atoms with Crippen molar-refractivity contribution in [3.05, 3.63) is 35.1 Å². The van der Waals surface area contributed by atoms with E-state index in [0.29, 0.717) is 12.1 Å². The van der Waals surface area contributed by atoms with E-state index in [1.54, 1.807) is 0 Å². The summed E-state index contributed by atoms with van der Waals surface area (Å²) in [5, 5.41) is 9.05. The highest BCUT2D eigenvalue weighted by molar-refractivity contribution is 5.23. The molecule has 0 aliphatic rings. The van der Waals surface area contributed by atoms with Gasteiger partial charge in [-0.25, -0.2) is 13.2 Å². The Labute approximate surface area is 79.2 Å². The van der Waals surface area contributed by atoms with Crippen molar-refractivity contribution in [1.29, 1.82) is 0 Å². The average Bonchev–Trinajstić information content (AvgIpc) is 2.10. The van der Waals surface area contributed by atoms with E-state index < -0.39 is 29.6 Å². The highest BCUT2D eigenvalue weighted by Crippen LogP contribution is 2.20. The van der Waals surface area contributed by atoms with Gasteiger partial charge in [-0.15, -0.1) is 0 Å². The van der Waals surface area contributed by atoms with E-state index >= 15 is 0 Å². The fourth-order valence-corrected chi connectivity index (χ4v) is 1.05. The number of halogens is 3. The van der Waals surface area contributed by atoms with Crippen molar-refractivity contribution in [1.82, 2.24) is 0 Å². The monoisotopic (exact) mass is 205 g/mol. The van der Waals surface area contributed by atoms with E-state index in [0.717, 1.165) is 0 Å². The molecule has 14 heavy (non-hydrogen) atoms. The second-order valence-electron chi connectivity index (χ2n) is 3.05. The number of nitrogens with two attached hydrogens (primary N) is 1. The van der Waals surface area contributed by atoms with Crippen LogP contribution in [-0.2, 0) is 0 Å². The van der Waals surface area contributed by atoms with Crippen LogP contribution in [0.3, 0.4) is 0 Å². The number of aliphatic hydroxyl groups excluding tert-OH is 1. The first-order valence-electron chi connectivity index (χ1n) is 4.01.